The monoisotopic (exact) mass is 297 g/mol. The third kappa shape index (κ3) is 2.78. The van der Waals surface area contributed by atoms with E-state index in [1.807, 2.05) is 30.3 Å². The summed E-state index contributed by atoms with van der Waals surface area (Å²) in [5.41, 5.74) is 3.23. The molecule has 4 rings (SSSR count). The van der Waals surface area contributed by atoms with Crippen LogP contribution in [0.3, 0.4) is 0 Å². The van der Waals surface area contributed by atoms with Crippen molar-refractivity contribution in [1.82, 2.24) is 24.6 Å². The lowest BCUT2D eigenvalue weighted by Crippen LogP contribution is -2.56. The lowest BCUT2D eigenvalue weighted by Gasteiger charge is -2.48. The van der Waals surface area contributed by atoms with Crippen LogP contribution < -0.4 is 0 Å². The molecule has 0 N–H and O–H groups in total. The molecule has 0 unspecified atom stereocenters. The van der Waals surface area contributed by atoms with Crippen molar-refractivity contribution in [2.45, 2.75) is 19.5 Å². The summed E-state index contributed by atoms with van der Waals surface area (Å²) in [5, 5.41) is 4.26. The molecule has 2 aromatic heterocycles. The highest BCUT2D eigenvalue weighted by molar-refractivity contribution is 5.12. The third-order valence-electron chi connectivity index (χ3n) is 4.96. The van der Waals surface area contributed by atoms with Crippen LogP contribution in [0.15, 0.2) is 36.9 Å². The Hall–Kier alpha value is -1.72. The second-order valence-corrected chi connectivity index (χ2v) is 6.98. The Morgan fingerprint density at radius 1 is 1.05 bits per heavy atom. The van der Waals surface area contributed by atoms with Crippen molar-refractivity contribution in [1.29, 1.82) is 0 Å². The average molecular weight is 297 g/mol. The van der Waals surface area contributed by atoms with Crippen LogP contribution >= 0.6 is 0 Å². The lowest BCUT2D eigenvalue weighted by atomic mass is 9.79. The van der Waals surface area contributed by atoms with E-state index in [-0.39, 0.29) is 0 Å². The Bertz CT molecular complexity index is 630. The van der Waals surface area contributed by atoms with Gasteiger partial charge in [-0.1, -0.05) is 0 Å². The van der Waals surface area contributed by atoms with Crippen molar-refractivity contribution in [3.05, 3.63) is 48.0 Å². The van der Waals surface area contributed by atoms with E-state index >= 15 is 0 Å². The molecule has 0 atom stereocenters. The molecule has 0 aliphatic carbocycles. The Kier molecular flexibility index (Phi) is 3.47. The van der Waals surface area contributed by atoms with E-state index in [1.165, 1.54) is 43.7 Å². The first-order valence-electron chi connectivity index (χ1n) is 8.02. The first kappa shape index (κ1) is 13.9. The Labute approximate surface area is 131 Å². The first-order valence-corrected chi connectivity index (χ1v) is 8.02. The van der Waals surface area contributed by atoms with Gasteiger partial charge < -0.3 is 0 Å². The SMILES string of the molecule is Cn1cc(CN2CCC3(C2)CN(Cc2ccncc2)C3)cn1. The molecular formula is C17H23N5. The van der Waals surface area contributed by atoms with Crippen molar-refractivity contribution in [3.63, 3.8) is 0 Å². The summed E-state index contributed by atoms with van der Waals surface area (Å²) in [6.45, 7) is 7.03. The van der Waals surface area contributed by atoms with Crippen LogP contribution in [0.4, 0.5) is 0 Å². The highest BCUT2D eigenvalue weighted by Gasteiger charge is 2.47. The van der Waals surface area contributed by atoms with Crippen molar-refractivity contribution in [3.8, 4) is 0 Å². The van der Waals surface area contributed by atoms with E-state index in [0.29, 0.717) is 5.41 Å². The summed E-state index contributed by atoms with van der Waals surface area (Å²) in [6, 6.07) is 4.24. The number of aryl methyl sites for hydroxylation is 1. The van der Waals surface area contributed by atoms with Crippen molar-refractivity contribution >= 4 is 0 Å². The maximum Gasteiger partial charge on any atom is 0.0534 e. The zero-order valence-corrected chi connectivity index (χ0v) is 13.1. The molecule has 5 nitrogen and oxygen atoms in total. The minimum absolute atomic E-state index is 0.537. The van der Waals surface area contributed by atoms with Crippen molar-refractivity contribution in [2.24, 2.45) is 12.5 Å². The molecule has 2 aliphatic heterocycles. The van der Waals surface area contributed by atoms with Gasteiger partial charge in [0.25, 0.3) is 0 Å². The number of rotatable bonds is 4. The third-order valence-corrected chi connectivity index (χ3v) is 4.96. The number of hydrogen-bond donors (Lipinski definition) is 0. The molecule has 0 amide bonds. The van der Waals surface area contributed by atoms with Gasteiger partial charge in [0.2, 0.25) is 0 Å². The van der Waals surface area contributed by atoms with Crippen LogP contribution in [0, 0.1) is 5.41 Å². The van der Waals surface area contributed by atoms with Gasteiger partial charge in [0.05, 0.1) is 6.20 Å². The topological polar surface area (TPSA) is 37.2 Å². The Morgan fingerprint density at radius 2 is 1.77 bits per heavy atom. The molecule has 0 radical (unpaired) electrons. The summed E-state index contributed by atoms with van der Waals surface area (Å²) in [4.78, 5) is 9.23. The highest BCUT2D eigenvalue weighted by Crippen LogP contribution is 2.40. The van der Waals surface area contributed by atoms with Gasteiger partial charge in [-0.3, -0.25) is 19.5 Å². The summed E-state index contributed by atoms with van der Waals surface area (Å²) < 4.78 is 1.89. The van der Waals surface area contributed by atoms with Gasteiger partial charge in [-0.05, 0) is 30.7 Å². The van der Waals surface area contributed by atoms with Crippen LogP contribution in [0.2, 0.25) is 0 Å². The van der Waals surface area contributed by atoms with Gasteiger partial charge in [0, 0.05) is 69.3 Å². The van der Waals surface area contributed by atoms with E-state index in [2.05, 4.69) is 38.2 Å². The van der Waals surface area contributed by atoms with E-state index in [0.717, 1.165) is 13.1 Å². The summed E-state index contributed by atoms with van der Waals surface area (Å²) in [6.07, 6.45) is 9.22. The zero-order chi connectivity index (χ0) is 15.0. The Balaban J connectivity index is 1.29. The number of hydrogen-bond acceptors (Lipinski definition) is 4. The molecule has 0 saturated carbocycles. The second-order valence-electron chi connectivity index (χ2n) is 6.98. The minimum atomic E-state index is 0.537. The molecule has 2 aliphatic rings. The quantitative estimate of drug-likeness (QED) is 0.857. The van der Waals surface area contributed by atoms with Crippen LogP contribution in [0.25, 0.3) is 0 Å². The smallest absolute Gasteiger partial charge is 0.0534 e. The molecule has 0 aromatic carbocycles. The van der Waals surface area contributed by atoms with Gasteiger partial charge in [0.1, 0.15) is 0 Å². The molecule has 2 fully saturated rings. The predicted octanol–water partition coefficient (Wildman–Crippen LogP) is 1.52. The highest BCUT2D eigenvalue weighted by atomic mass is 15.3. The summed E-state index contributed by atoms with van der Waals surface area (Å²) in [5.74, 6) is 0. The maximum atomic E-state index is 4.26. The molecule has 5 heteroatoms. The molecule has 2 aromatic rings. The lowest BCUT2D eigenvalue weighted by molar-refractivity contribution is 0.00159. The van der Waals surface area contributed by atoms with E-state index in [1.54, 1.807) is 0 Å². The molecule has 1 spiro atoms. The fourth-order valence-electron chi connectivity index (χ4n) is 3.99. The van der Waals surface area contributed by atoms with Crippen LogP contribution in [-0.4, -0.2) is 50.7 Å². The minimum Gasteiger partial charge on any atom is -0.298 e. The fraction of sp³-hybridized carbons (Fsp3) is 0.529. The molecule has 4 heterocycles. The zero-order valence-electron chi connectivity index (χ0n) is 13.1. The van der Waals surface area contributed by atoms with Crippen LogP contribution in [0.1, 0.15) is 17.5 Å². The van der Waals surface area contributed by atoms with Crippen LogP contribution in [-0.2, 0) is 20.1 Å². The predicted molar refractivity (Wildman–Crippen MR) is 85.0 cm³/mol. The standard InChI is InChI=1S/C17H23N5/c1-20-9-16(8-19-20)11-21-7-4-17(12-21)13-22(14-17)10-15-2-5-18-6-3-15/h2-3,5-6,8-9H,4,7,10-14H2,1H3. The first-order chi connectivity index (χ1) is 10.7. The normalized spacial score (nSPS) is 21.3. The number of aromatic nitrogens is 3. The van der Waals surface area contributed by atoms with Gasteiger partial charge in [-0.15, -0.1) is 0 Å². The van der Waals surface area contributed by atoms with Gasteiger partial charge in [-0.25, -0.2) is 0 Å². The van der Waals surface area contributed by atoms with Crippen molar-refractivity contribution < 1.29 is 0 Å². The number of likely N-dealkylation sites (tertiary alicyclic amines) is 2. The molecule has 0 bridgehead atoms. The van der Waals surface area contributed by atoms with Gasteiger partial charge >= 0.3 is 0 Å². The maximum absolute atomic E-state index is 4.26. The van der Waals surface area contributed by atoms with Gasteiger partial charge in [-0.2, -0.15) is 5.10 Å². The second kappa shape index (κ2) is 5.48. The van der Waals surface area contributed by atoms with E-state index in [9.17, 15) is 0 Å². The Morgan fingerprint density at radius 3 is 2.50 bits per heavy atom. The summed E-state index contributed by atoms with van der Waals surface area (Å²) in [7, 11) is 1.98. The summed E-state index contributed by atoms with van der Waals surface area (Å²) >= 11 is 0. The molecule has 22 heavy (non-hydrogen) atoms. The van der Waals surface area contributed by atoms with Crippen LogP contribution in [0.5, 0.6) is 0 Å². The van der Waals surface area contributed by atoms with E-state index in [4.69, 9.17) is 0 Å². The van der Waals surface area contributed by atoms with Crippen molar-refractivity contribution in [2.75, 3.05) is 26.2 Å². The average Bonchev–Trinajstić information content (AvgIpc) is 3.07. The number of nitrogens with zero attached hydrogens (tertiary/aromatic N) is 5. The largest absolute Gasteiger partial charge is 0.298 e. The molecule has 2 saturated heterocycles. The van der Waals surface area contributed by atoms with Gasteiger partial charge in [0.15, 0.2) is 0 Å². The molecular weight excluding hydrogens is 274 g/mol. The van der Waals surface area contributed by atoms with E-state index < -0.39 is 0 Å². The molecule has 116 valence electrons. The fourth-order valence-corrected chi connectivity index (χ4v) is 3.99. The number of pyridine rings is 1.